The zero-order valence-corrected chi connectivity index (χ0v) is 15.7. The van der Waals surface area contributed by atoms with E-state index in [9.17, 15) is 17.6 Å². The van der Waals surface area contributed by atoms with Gasteiger partial charge in [-0.25, -0.2) is 19.3 Å². The van der Waals surface area contributed by atoms with E-state index in [4.69, 9.17) is 0 Å². The van der Waals surface area contributed by atoms with Crippen LogP contribution in [0.5, 0.6) is 0 Å². The van der Waals surface area contributed by atoms with Crippen molar-refractivity contribution >= 4 is 28.6 Å². The maximum atomic E-state index is 13.2. The summed E-state index contributed by atoms with van der Waals surface area (Å²) in [6.07, 6.45) is 0.629. The average molecular weight is 421 g/mol. The van der Waals surface area contributed by atoms with E-state index in [2.05, 4.69) is 40.5 Å². The molecule has 1 atom stereocenters. The molecule has 0 aliphatic rings. The first-order chi connectivity index (χ1) is 14.2. The highest BCUT2D eigenvalue weighted by molar-refractivity contribution is 5.90. The van der Waals surface area contributed by atoms with Crippen LogP contribution in [-0.2, 0) is 13.2 Å². The van der Waals surface area contributed by atoms with E-state index in [1.165, 1.54) is 6.33 Å². The number of aromatic amines is 1. The van der Waals surface area contributed by atoms with Crippen molar-refractivity contribution in [3.05, 3.63) is 48.3 Å². The third kappa shape index (κ3) is 3.99. The average Bonchev–Trinajstić information content (AvgIpc) is 3.28. The van der Waals surface area contributed by atoms with Gasteiger partial charge in [0.2, 0.25) is 5.95 Å². The molecule has 0 spiro atoms. The van der Waals surface area contributed by atoms with Crippen LogP contribution in [0.1, 0.15) is 24.5 Å². The van der Waals surface area contributed by atoms with Crippen molar-refractivity contribution in [2.24, 2.45) is 7.05 Å². The number of nitrogens with zero attached hydrogens (tertiary/aromatic N) is 6. The summed E-state index contributed by atoms with van der Waals surface area (Å²) >= 11 is 0. The molecule has 0 aliphatic carbocycles. The maximum Gasteiger partial charge on any atom is 0.431 e. The predicted molar refractivity (Wildman–Crippen MR) is 99.4 cm³/mol. The number of nitrogens with one attached hydrogen (secondary N) is 3. The largest absolute Gasteiger partial charge is 0.431 e. The van der Waals surface area contributed by atoms with E-state index in [0.717, 1.165) is 18.5 Å². The monoisotopic (exact) mass is 421 g/mol. The van der Waals surface area contributed by atoms with E-state index >= 15 is 0 Å². The smallest absolute Gasteiger partial charge is 0.344 e. The SMILES string of the molecule is C[C@@H](Nc1nc(Nc2cn(C)cn2)c2cc(C(F)(F)F)[nH]c2n1)c1ncc(F)cn1. The van der Waals surface area contributed by atoms with Gasteiger partial charge in [-0.05, 0) is 13.0 Å². The van der Waals surface area contributed by atoms with Crippen molar-refractivity contribution in [2.45, 2.75) is 19.1 Å². The molecule has 4 heterocycles. The van der Waals surface area contributed by atoms with Crippen molar-refractivity contribution in [3.8, 4) is 0 Å². The van der Waals surface area contributed by atoms with E-state index in [0.29, 0.717) is 5.82 Å². The second-order valence-electron chi connectivity index (χ2n) is 6.51. The number of hydrogen-bond acceptors (Lipinski definition) is 7. The highest BCUT2D eigenvalue weighted by Gasteiger charge is 2.33. The van der Waals surface area contributed by atoms with Crippen molar-refractivity contribution < 1.29 is 17.6 Å². The number of anilines is 3. The lowest BCUT2D eigenvalue weighted by molar-refractivity contribution is -0.140. The number of halogens is 4. The van der Waals surface area contributed by atoms with Crippen LogP contribution in [0.15, 0.2) is 31.0 Å². The molecule has 4 rings (SSSR count). The number of rotatable bonds is 5. The number of fused-ring (bicyclic) bond motifs is 1. The van der Waals surface area contributed by atoms with Gasteiger partial charge in [-0.3, -0.25) is 0 Å². The Morgan fingerprint density at radius 3 is 2.50 bits per heavy atom. The summed E-state index contributed by atoms with van der Waals surface area (Å²) in [7, 11) is 1.75. The molecule has 0 radical (unpaired) electrons. The Kier molecular flexibility index (Phi) is 4.72. The Labute approximate surface area is 166 Å². The Morgan fingerprint density at radius 2 is 1.87 bits per heavy atom. The first kappa shape index (κ1) is 19.5. The first-order valence-corrected chi connectivity index (χ1v) is 8.66. The van der Waals surface area contributed by atoms with E-state index in [1.54, 1.807) is 24.7 Å². The fourth-order valence-corrected chi connectivity index (χ4v) is 2.72. The van der Waals surface area contributed by atoms with Gasteiger partial charge >= 0.3 is 6.18 Å². The molecule has 0 unspecified atom stereocenters. The molecule has 156 valence electrons. The van der Waals surface area contributed by atoms with Gasteiger partial charge < -0.3 is 20.2 Å². The molecule has 0 bridgehead atoms. The fraction of sp³-hybridized carbons (Fsp3) is 0.235. The summed E-state index contributed by atoms with van der Waals surface area (Å²) < 4.78 is 54.2. The molecule has 0 amide bonds. The number of aromatic nitrogens is 7. The van der Waals surface area contributed by atoms with Gasteiger partial charge in [0.1, 0.15) is 28.8 Å². The zero-order valence-electron chi connectivity index (χ0n) is 15.7. The molecule has 0 saturated heterocycles. The Balaban J connectivity index is 1.72. The van der Waals surface area contributed by atoms with Gasteiger partial charge in [0, 0.05) is 13.2 Å². The molecule has 0 saturated carbocycles. The molecule has 9 nitrogen and oxygen atoms in total. The van der Waals surface area contributed by atoms with Crippen molar-refractivity contribution in [3.63, 3.8) is 0 Å². The lowest BCUT2D eigenvalue weighted by atomic mass is 10.3. The van der Waals surface area contributed by atoms with Crippen LogP contribution in [0.2, 0.25) is 0 Å². The van der Waals surface area contributed by atoms with Gasteiger partial charge in [0.25, 0.3) is 0 Å². The summed E-state index contributed by atoms with van der Waals surface area (Å²) in [6, 6.07) is 0.388. The van der Waals surface area contributed by atoms with E-state index in [1.807, 2.05) is 0 Å². The standard InChI is InChI=1S/C17H15F4N9/c1-8(13-22-4-9(18)5-23-13)25-16-28-14-10(3-11(26-14)17(19,20)21)15(29-16)27-12-6-30(2)7-24-12/h3-8H,1-2H3,(H3,25,26,27,28,29)/t8-/m1/s1. The minimum Gasteiger partial charge on any atom is -0.344 e. The molecule has 0 aliphatic heterocycles. The Morgan fingerprint density at radius 1 is 1.13 bits per heavy atom. The van der Waals surface area contributed by atoms with Crippen LogP contribution in [0.4, 0.5) is 35.1 Å². The Hall–Kier alpha value is -3.77. The highest BCUT2D eigenvalue weighted by Crippen LogP contribution is 2.34. The summed E-state index contributed by atoms with van der Waals surface area (Å²) in [5, 5.41) is 5.96. The molecule has 0 fully saturated rings. The van der Waals surface area contributed by atoms with Crippen LogP contribution in [0.3, 0.4) is 0 Å². The summed E-state index contributed by atoms with van der Waals surface area (Å²) in [5.41, 5.74) is -0.978. The third-order valence-electron chi connectivity index (χ3n) is 4.12. The minimum atomic E-state index is -4.58. The van der Waals surface area contributed by atoms with Crippen LogP contribution >= 0.6 is 0 Å². The van der Waals surface area contributed by atoms with Crippen LogP contribution < -0.4 is 10.6 Å². The lowest BCUT2D eigenvalue weighted by Gasteiger charge is -2.13. The van der Waals surface area contributed by atoms with Crippen LogP contribution in [0, 0.1) is 5.82 Å². The quantitative estimate of drug-likeness (QED) is 0.423. The van der Waals surface area contributed by atoms with Gasteiger partial charge in [-0.15, -0.1) is 0 Å². The number of imidazole rings is 1. The van der Waals surface area contributed by atoms with Crippen molar-refractivity contribution in [2.75, 3.05) is 10.6 Å². The fourth-order valence-electron chi connectivity index (χ4n) is 2.72. The van der Waals surface area contributed by atoms with Gasteiger partial charge in [-0.1, -0.05) is 0 Å². The second kappa shape index (κ2) is 7.24. The summed E-state index contributed by atoms with van der Waals surface area (Å²) in [5.74, 6) is 0.226. The number of H-pyrrole nitrogens is 1. The zero-order chi connectivity index (χ0) is 21.5. The predicted octanol–water partition coefficient (Wildman–Crippen LogP) is 3.56. The molecule has 30 heavy (non-hydrogen) atoms. The number of alkyl halides is 3. The van der Waals surface area contributed by atoms with Crippen LogP contribution in [0.25, 0.3) is 11.0 Å². The highest BCUT2D eigenvalue weighted by atomic mass is 19.4. The number of hydrogen-bond donors (Lipinski definition) is 3. The Bertz CT molecular complexity index is 1180. The first-order valence-electron chi connectivity index (χ1n) is 8.66. The molecule has 4 aromatic rings. The summed E-state index contributed by atoms with van der Waals surface area (Å²) in [6.45, 7) is 1.68. The molecular formula is C17H15F4N9. The van der Waals surface area contributed by atoms with E-state index in [-0.39, 0.29) is 28.6 Å². The lowest BCUT2D eigenvalue weighted by Crippen LogP contribution is -2.13. The van der Waals surface area contributed by atoms with Crippen LogP contribution in [-0.4, -0.2) is 34.5 Å². The maximum absolute atomic E-state index is 13.2. The normalized spacial score (nSPS) is 12.9. The topological polar surface area (TPSA) is 109 Å². The number of aryl methyl sites for hydroxylation is 1. The van der Waals surface area contributed by atoms with E-state index < -0.39 is 23.7 Å². The van der Waals surface area contributed by atoms with Crippen molar-refractivity contribution in [1.29, 1.82) is 0 Å². The molecule has 0 aromatic carbocycles. The molecule has 3 N–H and O–H groups in total. The molecular weight excluding hydrogens is 406 g/mol. The minimum absolute atomic E-state index is 0.0227. The van der Waals surface area contributed by atoms with Crippen molar-refractivity contribution in [1.82, 2.24) is 34.5 Å². The summed E-state index contributed by atoms with van der Waals surface area (Å²) in [4.78, 5) is 22.5. The van der Waals surface area contributed by atoms with Gasteiger partial charge in [0.15, 0.2) is 5.82 Å². The second-order valence-corrected chi connectivity index (χ2v) is 6.51. The van der Waals surface area contributed by atoms with Gasteiger partial charge in [0.05, 0.1) is 30.1 Å². The third-order valence-corrected chi connectivity index (χ3v) is 4.12. The van der Waals surface area contributed by atoms with Gasteiger partial charge in [-0.2, -0.15) is 23.1 Å². The molecule has 13 heteroatoms. The molecule has 4 aromatic heterocycles.